The lowest BCUT2D eigenvalue weighted by molar-refractivity contribution is -0.114. The van der Waals surface area contributed by atoms with Gasteiger partial charge in [0.05, 0.1) is 35.3 Å². The van der Waals surface area contributed by atoms with Gasteiger partial charge in [0.15, 0.2) is 0 Å². The summed E-state index contributed by atoms with van der Waals surface area (Å²) in [5.74, 6) is -1.81. The number of amides is 2. The van der Waals surface area contributed by atoms with Crippen molar-refractivity contribution in [2.24, 2.45) is 0 Å². The number of carbonyl (C=O) groups excluding carboxylic acids is 2. The first-order valence-electron chi connectivity index (χ1n) is 9.17. The molecular weight excluding hydrogens is 440 g/mol. The normalized spacial score (nSPS) is 10.5. The number of hydrogen-bond acceptors (Lipinski definition) is 5. The van der Waals surface area contributed by atoms with Crippen LogP contribution in [0.5, 0.6) is 0 Å². The van der Waals surface area contributed by atoms with Gasteiger partial charge in [-0.25, -0.2) is 4.79 Å². The lowest BCUT2D eigenvalue weighted by atomic mass is 10.1. The summed E-state index contributed by atoms with van der Waals surface area (Å²) in [7, 11) is 0. The van der Waals surface area contributed by atoms with Gasteiger partial charge in [-0.3, -0.25) is 9.59 Å². The van der Waals surface area contributed by atoms with Crippen molar-refractivity contribution in [3.63, 3.8) is 0 Å². The lowest BCUT2D eigenvalue weighted by Gasteiger charge is -2.11. The maximum atomic E-state index is 12.3. The van der Waals surface area contributed by atoms with Gasteiger partial charge in [-0.05, 0) is 48.4 Å². The van der Waals surface area contributed by atoms with Gasteiger partial charge in [-0.15, -0.1) is 11.8 Å². The molecule has 0 saturated heterocycles. The summed E-state index contributed by atoms with van der Waals surface area (Å²) < 4.78 is 5.10. The number of nitrogens with one attached hydrogen (secondary N) is 2. The Kier molecular flexibility index (Phi) is 7.38. The second kappa shape index (κ2) is 10.2. The zero-order valence-electron chi connectivity index (χ0n) is 16.5. The monoisotopic (exact) mass is 458 g/mol. The molecule has 0 fully saturated rings. The Bertz CT molecular complexity index is 1120. The van der Waals surface area contributed by atoms with E-state index in [4.69, 9.17) is 16.0 Å². The molecule has 7 nitrogen and oxygen atoms in total. The molecule has 0 aliphatic carbocycles. The lowest BCUT2D eigenvalue weighted by Crippen LogP contribution is -2.19. The highest BCUT2D eigenvalue weighted by atomic mass is 35.5. The third-order valence-electron chi connectivity index (χ3n) is 4.32. The van der Waals surface area contributed by atoms with Crippen LogP contribution in [0.25, 0.3) is 11.1 Å². The summed E-state index contributed by atoms with van der Waals surface area (Å²) in [5.41, 5.74) is 3.46. The number of halogens is 1. The number of benzene rings is 2. The Morgan fingerprint density at radius 1 is 0.968 bits per heavy atom. The number of thioether (sulfide) groups is 1. The Morgan fingerprint density at radius 2 is 1.68 bits per heavy atom. The number of carboxylic acid groups (broad SMARTS) is 1. The van der Waals surface area contributed by atoms with Crippen LogP contribution >= 0.6 is 23.4 Å². The SMILES string of the molecule is Cc1ccc(-c2ccoc2)cc1NC(=O)CSCC(=O)Nc1ccc(Cl)cc1C(=O)O. The van der Waals surface area contributed by atoms with Crippen molar-refractivity contribution in [3.05, 3.63) is 71.1 Å². The number of anilines is 2. The predicted molar refractivity (Wildman–Crippen MR) is 122 cm³/mol. The summed E-state index contributed by atoms with van der Waals surface area (Å²) in [6, 6.07) is 11.7. The first-order chi connectivity index (χ1) is 14.8. The Morgan fingerprint density at radius 3 is 2.32 bits per heavy atom. The van der Waals surface area contributed by atoms with Crippen LogP contribution in [0.4, 0.5) is 11.4 Å². The van der Waals surface area contributed by atoms with Crippen molar-refractivity contribution in [3.8, 4) is 11.1 Å². The second-order valence-electron chi connectivity index (χ2n) is 6.63. The van der Waals surface area contributed by atoms with E-state index in [9.17, 15) is 19.5 Å². The summed E-state index contributed by atoms with van der Waals surface area (Å²) in [6.07, 6.45) is 3.21. The van der Waals surface area contributed by atoms with Crippen LogP contribution in [0.3, 0.4) is 0 Å². The predicted octanol–water partition coefficient (Wildman–Crippen LogP) is 4.92. The van der Waals surface area contributed by atoms with Crippen molar-refractivity contribution in [2.75, 3.05) is 22.1 Å². The number of hydrogen-bond donors (Lipinski definition) is 3. The molecule has 0 spiro atoms. The average Bonchev–Trinajstić information content (AvgIpc) is 3.25. The molecule has 31 heavy (non-hydrogen) atoms. The van der Waals surface area contributed by atoms with Crippen LogP contribution in [-0.4, -0.2) is 34.4 Å². The topological polar surface area (TPSA) is 109 Å². The van der Waals surface area contributed by atoms with Crippen LogP contribution in [-0.2, 0) is 9.59 Å². The largest absolute Gasteiger partial charge is 0.478 e. The molecule has 160 valence electrons. The van der Waals surface area contributed by atoms with Gasteiger partial charge in [-0.2, -0.15) is 0 Å². The molecule has 3 rings (SSSR count). The van der Waals surface area contributed by atoms with E-state index in [0.717, 1.165) is 28.5 Å². The highest BCUT2D eigenvalue weighted by Crippen LogP contribution is 2.26. The molecule has 3 aromatic rings. The fourth-order valence-electron chi connectivity index (χ4n) is 2.78. The summed E-state index contributed by atoms with van der Waals surface area (Å²) >= 11 is 6.92. The van der Waals surface area contributed by atoms with Gasteiger partial charge in [0, 0.05) is 16.3 Å². The maximum Gasteiger partial charge on any atom is 0.337 e. The van der Waals surface area contributed by atoms with E-state index < -0.39 is 11.9 Å². The quantitative estimate of drug-likeness (QED) is 0.442. The standard InChI is InChI=1S/C22H19ClN2O5S/c1-13-2-3-14(15-6-7-30-10-15)8-19(13)25-21(27)12-31-11-20(26)24-18-5-4-16(23)9-17(18)22(28)29/h2-10H,11-12H2,1H3,(H,24,26)(H,25,27)(H,28,29). The second-order valence-corrected chi connectivity index (χ2v) is 8.05. The van der Waals surface area contributed by atoms with Gasteiger partial charge >= 0.3 is 5.97 Å². The Labute approximate surface area is 187 Å². The third-order valence-corrected chi connectivity index (χ3v) is 5.49. The summed E-state index contributed by atoms with van der Waals surface area (Å²) in [5, 5.41) is 14.9. The number of aryl methyl sites for hydroxylation is 1. The molecular formula is C22H19ClN2O5S. The fraction of sp³-hybridized carbons (Fsp3) is 0.136. The Balaban J connectivity index is 1.52. The molecule has 2 amide bonds. The summed E-state index contributed by atoms with van der Waals surface area (Å²) in [6.45, 7) is 1.89. The van der Waals surface area contributed by atoms with E-state index in [-0.39, 0.29) is 33.7 Å². The van der Waals surface area contributed by atoms with Gasteiger partial charge in [-0.1, -0.05) is 23.7 Å². The van der Waals surface area contributed by atoms with Crippen LogP contribution in [0.15, 0.2) is 59.4 Å². The zero-order chi connectivity index (χ0) is 22.4. The highest BCUT2D eigenvalue weighted by Gasteiger charge is 2.14. The molecule has 0 saturated carbocycles. The van der Waals surface area contributed by atoms with Gasteiger partial charge < -0.3 is 20.2 Å². The fourth-order valence-corrected chi connectivity index (χ4v) is 3.57. The molecule has 3 N–H and O–H groups in total. The van der Waals surface area contributed by atoms with Crippen LogP contribution < -0.4 is 10.6 Å². The molecule has 2 aromatic carbocycles. The van der Waals surface area contributed by atoms with Gasteiger partial charge in [0.1, 0.15) is 0 Å². The molecule has 1 aromatic heterocycles. The minimum absolute atomic E-state index is 0.0108. The van der Waals surface area contributed by atoms with Gasteiger partial charge in [0.25, 0.3) is 0 Å². The number of carbonyl (C=O) groups is 3. The molecule has 0 atom stereocenters. The van der Waals surface area contributed by atoms with Crippen LogP contribution in [0, 0.1) is 6.92 Å². The van der Waals surface area contributed by atoms with E-state index in [1.165, 1.54) is 18.2 Å². The molecule has 0 bridgehead atoms. The van der Waals surface area contributed by atoms with E-state index in [1.54, 1.807) is 12.5 Å². The number of carboxylic acids is 1. The minimum atomic E-state index is -1.20. The van der Waals surface area contributed by atoms with E-state index in [1.807, 2.05) is 31.2 Å². The van der Waals surface area contributed by atoms with Crippen molar-refractivity contribution in [1.82, 2.24) is 0 Å². The van der Waals surface area contributed by atoms with Crippen molar-refractivity contribution < 1.29 is 23.9 Å². The van der Waals surface area contributed by atoms with Gasteiger partial charge in [0.2, 0.25) is 11.8 Å². The third kappa shape index (κ3) is 6.13. The Hall–Kier alpha value is -3.23. The average molecular weight is 459 g/mol. The zero-order valence-corrected chi connectivity index (χ0v) is 18.0. The first kappa shape index (κ1) is 22.5. The maximum absolute atomic E-state index is 12.3. The highest BCUT2D eigenvalue weighted by molar-refractivity contribution is 8.00. The smallest absolute Gasteiger partial charge is 0.337 e. The van der Waals surface area contributed by atoms with Crippen LogP contribution in [0.2, 0.25) is 5.02 Å². The first-order valence-corrected chi connectivity index (χ1v) is 10.7. The molecule has 9 heteroatoms. The van der Waals surface area contributed by atoms with E-state index in [0.29, 0.717) is 5.69 Å². The molecule has 0 unspecified atom stereocenters. The van der Waals surface area contributed by atoms with Crippen molar-refractivity contribution >= 4 is 52.5 Å². The van der Waals surface area contributed by atoms with Crippen molar-refractivity contribution in [2.45, 2.75) is 6.92 Å². The summed E-state index contributed by atoms with van der Waals surface area (Å²) in [4.78, 5) is 35.7. The van der Waals surface area contributed by atoms with Crippen molar-refractivity contribution in [1.29, 1.82) is 0 Å². The van der Waals surface area contributed by atoms with E-state index >= 15 is 0 Å². The number of aromatic carboxylic acids is 1. The molecule has 0 aliphatic heterocycles. The van der Waals surface area contributed by atoms with Crippen LogP contribution in [0.1, 0.15) is 15.9 Å². The number of furan rings is 1. The molecule has 0 radical (unpaired) electrons. The minimum Gasteiger partial charge on any atom is -0.478 e. The molecule has 1 heterocycles. The number of rotatable bonds is 8. The molecule has 0 aliphatic rings. The van der Waals surface area contributed by atoms with E-state index in [2.05, 4.69) is 10.6 Å².